The number of nitrogen functional groups attached to an aromatic ring is 1. The van der Waals surface area contributed by atoms with Gasteiger partial charge in [0.2, 0.25) is 0 Å². The third-order valence-corrected chi connectivity index (χ3v) is 2.82. The van der Waals surface area contributed by atoms with E-state index in [-0.39, 0.29) is 5.82 Å². The Hall–Kier alpha value is -2.41. The average Bonchev–Trinajstić information content (AvgIpc) is 2.34. The summed E-state index contributed by atoms with van der Waals surface area (Å²) in [4.78, 5) is 7.18. The molecule has 0 radical (unpaired) electrons. The van der Waals surface area contributed by atoms with Crippen LogP contribution in [0.3, 0.4) is 0 Å². The lowest BCUT2D eigenvalue weighted by atomic mass is 9.96. The number of pyridine rings is 2. The minimum atomic E-state index is 0.287. The van der Waals surface area contributed by atoms with Crippen LogP contribution < -0.4 is 10.7 Å². The van der Waals surface area contributed by atoms with E-state index in [0.29, 0.717) is 5.56 Å². The predicted molar refractivity (Wildman–Crippen MR) is 64.8 cm³/mol. The number of hydrogen-bond donors (Lipinski definition) is 1. The first-order chi connectivity index (χ1) is 8.15. The molecule has 0 aliphatic heterocycles. The second-order valence-electron chi connectivity index (χ2n) is 3.86. The van der Waals surface area contributed by atoms with Crippen LogP contribution in [0.2, 0.25) is 0 Å². The Morgan fingerprint density at radius 1 is 1.41 bits per heavy atom. The number of nitrogens with zero attached hydrogens (tertiary/aromatic N) is 2. The lowest BCUT2D eigenvalue weighted by Gasteiger charge is -2.10. The molecule has 0 saturated heterocycles. The van der Waals surface area contributed by atoms with Crippen molar-refractivity contribution in [2.45, 2.75) is 13.8 Å². The molecule has 0 atom stereocenters. The number of nitrogens with one attached hydrogen (secondary N) is 1. The van der Waals surface area contributed by atoms with E-state index in [4.69, 9.17) is 5.73 Å². The van der Waals surface area contributed by atoms with Gasteiger partial charge in [-0.2, -0.15) is 5.26 Å². The van der Waals surface area contributed by atoms with Crippen molar-refractivity contribution in [1.29, 1.82) is 5.26 Å². The number of H-pyrrole nitrogens is 1. The van der Waals surface area contributed by atoms with Crippen LogP contribution in [0.1, 0.15) is 16.8 Å². The van der Waals surface area contributed by atoms with Gasteiger partial charge in [-0.1, -0.05) is 0 Å². The first-order valence-electron chi connectivity index (χ1n) is 5.28. The van der Waals surface area contributed by atoms with E-state index in [2.05, 4.69) is 16.0 Å². The van der Waals surface area contributed by atoms with Gasteiger partial charge in [0.1, 0.15) is 17.5 Å². The highest BCUT2D eigenvalue weighted by atomic mass is 14.8. The maximum Gasteiger partial charge on any atom is 0.174 e. The highest BCUT2D eigenvalue weighted by Gasteiger charge is 2.16. The molecule has 4 nitrogen and oxygen atoms in total. The molecular formula is C13H13N4+. The second kappa shape index (κ2) is 4.22. The van der Waals surface area contributed by atoms with Gasteiger partial charge in [0, 0.05) is 22.9 Å². The molecule has 2 heterocycles. The molecule has 2 aromatic rings. The van der Waals surface area contributed by atoms with Crippen LogP contribution in [-0.2, 0) is 0 Å². The Bertz CT molecular complexity index is 597. The summed E-state index contributed by atoms with van der Waals surface area (Å²) in [7, 11) is 0. The van der Waals surface area contributed by atoms with Crippen molar-refractivity contribution >= 4 is 5.82 Å². The molecule has 0 bridgehead atoms. The fraction of sp³-hybridized carbons (Fsp3) is 0.154. The minimum absolute atomic E-state index is 0.287. The smallest absolute Gasteiger partial charge is 0.174 e. The van der Waals surface area contributed by atoms with Crippen LogP contribution in [0.5, 0.6) is 0 Å². The van der Waals surface area contributed by atoms with Crippen molar-refractivity contribution < 1.29 is 4.98 Å². The van der Waals surface area contributed by atoms with Gasteiger partial charge in [-0.05, 0) is 25.5 Å². The van der Waals surface area contributed by atoms with E-state index in [9.17, 15) is 5.26 Å². The Balaban J connectivity index is 2.81. The molecule has 0 aliphatic carbocycles. The van der Waals surface area contributed by atoms with Crippen molar-refractivity contribution in [3.63, 3.8) is 0 Å². The van der Waals surface area contributed by atoms with Crippen molar-refractivity contribution in [3.8, 4) is 17.2 Å². The van der Waals surface area contributed by atoms with Gasteiger partial charge in [-0.25, -0.2) is 9.97 Å². The zero-order chi connectivity index (χ0) is 12.4. The van der Waals surface area contributed by atoms with Gasteiger partial charge < -0.3 is 5.73 Å². The number of anilines is 1. The number of nitriles is 1. The second-order valence-corrected chi connectivity index (χ2v) is 3.86. The van der Waals surface area contributed by atoms with Gasteiger partial charge in [0.15, 0.2) is 12.4 Å². The number of aryl methyl sites for hydroxylation is 1. The van der Waals surface area contributed by atoms with E-state index in [0.717, 1.165) is 22.4 Å². The van der Waals surface area contributed by atoms with E-state index in [1.165, 1.54) is 0 Å². The summed E-state index contributed by atoms with van der Waals surface area (Å²) in [6, 6.07) is 5.96. The van der Waals surface area contributed by atoms with Gasteiger partial charge in [-0.15, -0.1) is 0 Å². The molecule has 0 unspecified atom stereocenters. The molecule has 0 saturated carbocycles. The summed E-state index contributed by atoms with van der Waals surface area (Å²) >= 11 is 0. The zero-order valence-corrected chi connectivity index (χ0v) is 9.78. The van der Waals surface area contributed by atoms with Crippen LogP contribution in [0.15, 0.2) is 24.5 Å². The monoisotopic (exact) mass is 225 g/mol. The molecule has 0 aromatic carbocycles. The highest BCUT2D eigenvalue weighted by molar-refractivity contribution is 5.77. The normalized spacial score (nSPS) is 9.94. The maximum atomic E-state index is 9.20. The average molecular weight is 225 g/mol. The number of hydrogen-bond acceptors (Lipinski definition) is 3. The summed E-state index contributed by atoms with van der Waals surface area (Å²) in [6.45, 7) is 3.84. The van der Waals surface area contributed by atoms with Gasteiger partial charge in [0.05, 0.1) is 0 Å². The van der Waals surface area contributed by atoms with Crippen molar-refractivity contribution in [2.75, 3.05) is 5.73 Å². The molecule has 17 heavy (non-hydrogen) atoms. The van der Waals surface area contributed by atoms with Gasteiger partial charge in [-0.3, -0.25) is 0 Å². The van der Waals surface area contributed by atoms with Gasteiger partial charge >= 0.3 is 0 Å². The van der Waals surface area contributed by atoms with Crippen LogP contribution in [0.4, 0.5) is 5.82 Å². The molecular weight excluding hydrogens is 212 g/mol. The first-order valence-corrected chi connectivity index (χ1v) is 5.28. The van der Waals surface area contributed by atoms with Crippen molar-refractivity contribution in [3.05, 3.63) is 41.3 Å². The molecule has 0 amide bonds. The molecule has 3 N–H and O–H groups in total. The van der Waals surface area contributed by atoms with E-state index < -0.39 is 0 Å². The van der Waals surface area contributed by atoms with Crippen LogP contribution in [-0.4, -0.2) is 4.98 Å². The third kappa shape index (κ3) is 1.83. The van der Waals surface area contributed by atoms with Crippen molar-refractivity contribution in [1.82, 2.24) is 4.98 Å². The Kier molecular flexibility index (Phi) is 2.75. The Morgan fingerprint density at radius 2 is 2.18 bits per heavy atom. The predicted octanol–water partition coefficient (Wildman–Crippen LogP) is 1.63. The number of nitrogens with two attached hydrogens (primary N) is 1. The largest absolute Gasteiger partial charge is 0.383 e. The summed E-state index contributed by atoms with van der Waals surface area (Å²) in [6.07, 6.45) is 3.67. The fourth-order valence-electron chi connectivity index (χ4n) is 1.84. The summed E-state index contributed by atoms with van der Waals surface area (Å²) in [5.41, 5.74) is 9.86. The van der Waals surface area contributed by atoms with Crippen LogP contribution in [0.25, 0.3) is 11.1 Å². The minimum Gasteiger partial charge on any atom is -0.383 e. The van der Waals surface area contributed by atoms with Crippen molar-refractivity contribution in [2.24, 2.45) is 0 Å². The first kappa shape index (κ1) is 11.1. The van der Waals surface area contributed by atoms with Crippen LogP contribution in [0, 0.1) is 25.2 Å². The SMILES string of the molecule is Cc1nc(N)c(C#N)c(-c2ccc[nH+]c2)c1C. The summed E-state index contributed by atoms with van der Waals surface area (Å²) < 4.78 is 0. The maximum absolute atomic E-state index is 9.20. The Morgan fingerprint density at radius 3 is 2.76 bits per heavy atom. The number of aromatic amines is 1. The molecule has 84 valence electrons. The molecule has 4 heteroatoms. The molecule has 0 spiro atoms. The molecule has 0 aliphatic rings. The lowest BCUT2D eigenvalue weighted by molar-refractivity contribution is -0.377. The highest BCUT2D eigenvalue weighted by Crippen LogP contribution is 2.30. The fourth-order valence-corrected chi connectivity index (χ4v) is 1.84. The topological polar surface area (TPSA) is 76.8 Å². The lowest BCUT2D eigenvalue weighted by Crippen LogP contribution is -2.05. The standard InChI is InChI=1S/C13H12N4/c1-8-9(2)17-13(15)11(6-14)12(8)10-4-3-5-16-7-10/h3-5,7H,1-2H3,(H2,15,17)/p+1. The van der Waals surface area contributed by atoms with Gasteiger partial charge in [0.25, 0.3) is 0 Å². The quantitative estimate of drug-likeness (QED) is 0.801. The van der Waals surface area contributed by atoms with E-state index in [1.54, 1.807) is 0 Å². The molecule has 2 rings (SSSR count). The van der Waals surface area contributed by atoms with E-state index >= 15 is 0 Å². The number of rotatable bonds is 1. The summed E-state index contributed by atoms with van der Waals surface area (Å²) in [5, 5.41) is 9.20. The number of aromatic nitrogens is 2. The zero-order valence-electron chi connectivity index (χ0n) is 9.78. The third-order valence-electron chi connectivity index (χ3n) is 2.82. The molecule has 0 fully saturated rings. The Labute approximate surface area is 99.8 Å². The summed E-state index contributed by atoms with van der Waals surface area (Å²) in [5.74, 6) is 0.287. The van der Waals surface area contributed by atoms with E-state index in [1.807, 2.05) is 38.4 Å². The van der Waals surface area contributed by atoms with Crippen LogP contribution >= 0.6 is 0 Å². The molecule has 2 aromatic heterocycles.